The Morgan fingerprint density at radius 3 is 2.88 bits per heavy atom. The third-order valence-electron chi connectivity index (χ3n) is 3.12. The van der Waals surface area contributed by atoms with Gasteiger partial charge < -0.3 is 4.84 Å². The number of halogens is 1. The van der Waals surface area contributed by atoms with Crippen LogP contribution in [0.3, 0.4) is 0 Å². The van der Waals surface area contributed by atoms with E-state index < -0.39 is 0 Å². The van der Waals surface area contributed by atoms with Crippen molar-refractivity contribution in [3.05, 3.63) is 35.6 Å². The van der Waals surface area contributed by atoms with Crippen LogP contribution in [0.25, 0.3) is 0 Å². The first-order chi connectivity index (χ1) is 8.34. The molecule has 1 saturated carbocycles. The number of oxime groups is 1. The molecule has 0 amide bonds. The van der Waals surface area contributed by atoms with Gasteiger partial charge in [-0.05, 0) is 36.5 Å². The highest BCUT2D eigenvalue weighted by Crippen LogP contribution is 2.21. The van der Waals surface area contributed by atoms with Crippen molar-refractivity contribution in [2.75, 3.05) is 0 Å². The van der Waals surface area contributed by atoms with Gasteiger partial charge in [0.05, 0.1) is 0 Å². The predicted molar refractivity (Wildman–Crippen MR) is 66.3 cm³/mol. The summed E-state index contributed by atoms with van der Waals surface area (Å²) in [6, 6.07) is 6.41. The first-order valence-corrected chi connectivity index (χ1v) is 6.24. The molecule has 92 valence electrons. The molecule has 3 heteroatoms. The van der Waals surface area contributed by atoms with E-state index in [9.17, 15) is 4.39 Å². The molecular formula is C14H18FNO. The molecule has 0 saturated heterocycles. The van der Waals surface area contributed by atoms with Crippen molar-refractivity contribution < 1.29 is 9.23 Å². The Hall–Kier alpha value is -1.38. The normalized spacial score (nSPS) is 17.5. The topological polar surface area (TPSA) is 21.6 Å². The highest BCUT2D eigenvalue weighted by atomic mass is 19.1. The van der Waals surface area contributed by atoms with Crippen LogP contribution in [0, 0.1) is 11.7 Å². The number of hydrogen-bond acceptors (Lipinski definition) is 2. The molecule has 0 N–H and O–H groups in total. The van der Waals surface area contributed by atoms with Crippen molar-refractivity contribution >= 4 is 6.21 Å². The maximum atomic E-state index is 12.9. The third-order valence-corrected chi connectivity index (χ3v) is 3.12. The van der Waals surface area contributed by atoms with E-state index in [4.69, 9.17) is 4.84 Å². The first-order valence-electron chi connectivity index (χ1n) is 6.24. The Kier molecular flexibility index (Phi) is 4.54. The number of rotatable bonds is 4. The van der Waals surface area contributed by atoms with E-state index in [0.29, 0.717) is 12.5 Å². The van der Waals surface area contributed by atoms with Crippen molar-refractivity contribution in [2.24, 2.45) is 11.1 Å². The fourth-order valence-electron chi connectivity index (χ4n) is 2.15. The summed E-state index contributed by atoms with van der Waals surface area (Å²) in [5.74, 6) is 0.332. The summed E-state index contributed by atoms with van der Waals surface area (Å²) in [6.45, 7) is 0.334. The van der Waals surface area contributed by atoms with E-state index >= 15 is 0 Å². The SMILES string of the molecule is Fc1cccc(CON=CC2CCCCC2)c1. The molecule has 2 nitrogen and oxygen atoms in total. The van der Waals surface area contributed by atoms with Crippen LogP contribution in [0.4, 0.5) is 4.39 Å². The van der Waals surface area contributed by atoms with Gasteiger partial charge in [0.15, 0.2) is 0 Å². The van der Waals surface area contributed by atoms with E-state index in [2.05, 4.69) is 5.16 Å². The van der Waals surface area contributed by atoms with Crippen LogP contribution in [0.2, 0.25) is 0 Å². The Balaban J connectivity index is 1.73. The van der Waals surface area contributed by atoms with E-state index in [1.165, 1.54) is 44.2 Å². The molecule has 0 aliphatic heterocycles. The minimum atomic E-state index is -0.234. The number of hydrogen-bond donors (Lipinski definition) is 0. The van der Waals surface area contributed by atoms with Crippen LogP contribution in [0.5, 0.6) is 0 Å². The molecule has 0 heterocycles. The average Bonchev–Trinajstić information content (AvgIpc) is 2.36. The smallest absolute Gasteiger partial charge is 0.142 e. The minimum Gasteiger partial charge on any atom is -0.391 e. The quantitative estimate of drug-likeness (QED) is 0.572. The largest absolute Gasteiger partial charge is 0.391 e. The molecule has 0 atom stereocenters. The van der Waals surface area contributed by atoms with Crippen LogP contribution in [-0.2, 0) is 11.4 Å². The summed E-state index contributed by atoms with van der Waals surface area (Å²) < 4.78 is 12.9. The Morgan fingerprint density at radius 1 is 1.29 bits per heavy atom. The third kappa shape index (κ3) is 4.17. The Labute approximate surface area is 101 Å². The van der Waals surface area contributed by atoms with Crippen LogP contribution in [-0.4, -0.2) is 6.21 Å². The second-order valence-electron chi connectivity index (χ2n) is 4.56. The lowest BCUT2D eigenvalue weighted by Gasteiger charge is -2.16. The monoisotopic (exact) mass is 235 g/mol. The van der Waals surface area contributed by atoms with Gasteiger partial charge in [0.2, 0.25) is 0 Å². The maximum Gasteiger partial charge on any atom is 0.142 e. The van der Waals surface area contributed by atoms with E-state index in [-0.39, 0.29) is 5.82 Å². The van der Waals surface area contributed by atoms with Gasteiger partial charge in [-0.1, -0.05) is 36.6 Å². The molecule has 17 heavy (non-hydrogen) atoms. The van der Waals surface area contributed by atoms with E-state index in [0.717, 1.165) is 5.56 Å². The van der Waals surface area contributed by atoms with Gasteiger partial charge in [0.1, 0.15) is 12.4 Å². The molecule has 1 fully saturated rings. The number of nitrogens with zero attached hydrogens (tertiary/aromatic N) is 1. The molecular weight excluding hydrogens is 217 g/mol. The average molecular weight is 235 g/mol. The van der Waals surface area contributed by atoms with Crippen LogP contribution in [0.1, 0.15) is 37.7 Å². The molecule has 0 bridgehead atoms. The molecule has 0 spiro atoms. The van der Waals surface area contributed by atoms with Gasteiger partial charge in [0, 0.05) is 6.21 Å². The summed E-state index contributed by atoms with van der Waals surface area (Å²) in [4.78, 5) is 5.18. The lowest BCUT2D eigenvalue weighted by Crippen LogP contribution is -2.07. The molecule has 0 unspecified atom stereocenters. The van der Waals surface area contributed by atoms with Crippen molar-refractivity contribution in [1.82, 2.24) is 0 Å². The molecule has 1 aromatic carbocycles. The van der Waals surface area contributed by atoms with Gasteiger partial charge in [-0.25, -0.2) is 4.39 Å². The zero-order chi connectivity index (χ0) is 11.9. The minimum absolute atomic E-state index is 0.234. The highest BCUT2D eigenvalue weighted by Gasteiger charge is 2.10. The van der Waals surface area contributed by atoms with E-state index in [1.807, 2.05) is 12.3 Å². The lowest BCUT2D eigenvalue weighted by atomic mass is 9.90. The second kappa shape index (κ2) is 6.38. The fraction of sp³-hybridized carbons (Fsp3) is 0.500. The highest BCUT2D eigenvalue weighted by molar-refractivity contribution is 5.59. The molecule has 0 radical (unpaired) electrons. The van der Waals surface area contributed by atoms with Crippen LogP contribution >= 0.6 is 0 Å². The lowest BCUT2D eigenvalue weighted by molar-refractivity contribution is 0.130. The van der Waals surface area contributed by atoms with Crippen molar-refractivity contribution in [3.63, 3.8) is 0 Å². The van der Waals surface area contributed by atoms with Gasteiger partial charge in [-0.3, -0.25) is 0 Å². The van der Waals surface area contributed by atoms with Gasteiger partial charge in [-0.2, -0.15) is 0 Å². The van der Waals surface area contributed by atoms with Crippen LogP contribution < -0.4 is 0 Å². The predicted octanol–water partition coefficient (Wildman–Crippen LogP) is 3.91. The van der Waals surface area contributed by atoms with Crippen molar-refractivity contribution in [3.8, 4) is 0 Å². The Bertz CT molecular complexity index is 372. The number of benzene rings is 1. The summed E-state index contributed by atoms with van der Waals surface area (Å²) in [7, 11) is 0. The Morgan fingerprint density at radius 2 is 2.12 bits per heavy atom. The summed E-state index contributed by atoms with van der Waals surface area (Å²) in [5, 5.41) is 3.97. The van der Waals surface area contributed by atoms with Crippen LogP contribution in [0.15, 0.2) is 29.4 Å². The van der Waals surface area contributed by atoms with Gasteiger partial charge in [0.25, 0.3) is 0 Å². The molecule has 1 aliphatic carbocycles. The standard InChI is InChI=1S/C14H18FNO/c15-14-8-4-7-13(9-14)11-17-16-10-12-5-2-1-3-6-12/h4,7-10,12H,1-3,5-6,11H2. The van der Waals surface area contributed by atoms with Crippen molar-refractivity contribution in [1.29, 1.82) is 0 Å². The summed E-state index contributed by atoms with van der Waals surface area (Å²) >= 11 is 0. The zero-order valence-corrected chi connectivity index (χ0v) is 9.94. The van der Waals surface area contributed by atoms with E-state index in [1.54, 1.807) is 6.07 Å². The second-order valence-corrected chi connectivity index (χ2v) is 4.56. The van der Waals surface area contributed by atoms with Crippen molar-refractivity contribution in [2.45, 2.75) is 38.7 Å². The molecule has 0 aromatic heterocycles. The summed E-state index contributed by atoms with van der Waals surface area (Å²) in [5.41, 5.74) is 0.811. The first kappa shape index (κ1) is 12.1. The fourth-order valence-corrected chi connectivity index (χ4v) is 2.15. The maximum absolute atomic E-state index is 12.9. The molecule has 2 rings (SSSR count). The zero-order valence-electron chi connectivity index (χ0n) is 9.94. The van der Waals surface area contributed by atoms with Gasteiger partial charge in [-0.15, -0.1) is 0 Å². The molecule has 1 aromatic rings. The van der Waals surface area contributed by atoms with Gasteiger partial charge >= 0.3 is 0 Å². The molecule has 1 aliphatic rings. The summed E-state index contributed by atoms with van der Waals surface area (Å²) in [6.07, 6.45) is 8.26.